The lowest BCUT2D eigenvalue weighted by molar-refractivity contribution is 0.116. The number of aliphatic hydroxyl groups is 1. The highest BCUT2D eigenvalue weighted by molar-refractivity contribution is 6.11. The largest absolute Gasteiger partial charge is 0.402 e. The van der Waals surface area contributed by atoms with Crippen LogP contribution in [0, 0.1) is 5.41 Å². The van der Waals surface area contributed by atoms with Crippen LogP contribution in [0.1, 0.15) is 27.2 Å². The quantitative estimate of drug-likeness (QED) is 0.514. The summed E-state index contributed by atoms with van der Waals surface area (Å²) in [6.07, 6.45) is 1.03. The van der Waals surface area contributed by atoms with Gasteiger partial charge in [-0.1, -0.05) is 20.8 Å². The Balaban J connectivity index is 3.71. The predicted octanol–water partition coefficient (Wildman–Crippen LogP) is 0.374. The molecule has 0 aromatic rings. The number of hydrogen-bond donors (Lipinski definition) is 1. The average molecular weight is 114 g/mol. The summed E-state index contributed by atoms with van der Waals surface area (Å²) >= 11 is 0. The van der Waals surface area contributed by atoms with Gasteiger partial charge in [0, 0.05) is 6.00 Å². The van der Waals surface area contributed by atoms with Crippen molar-refractivity contribution in [2.75, 3.05) is 0 Å². The summed E-state index contributed by atoms with van der Waals surface area (Å²) in [5.74, 6) is 0. The monoisotopic (exact) mass is 114 g/mol. The maximum Gasteiger partial charge on any atom is 0.139 e. The van der Waals surface area contributed by atoms with E-state index in [9.17, 15) is 0 Å². The highest BCUT2D eigenvalue weighted by atomic mass is 16.3. The van der Waals surface area contributed by atoms with E-state index in [4.69, 9.17) is 5.11 Å². The molecular weight excluding hydrogens is 98.9 g/mol. The van der Waals surface area contributed by atoms with E-state index in [0.29, 0.717) is 0 Å². The third-order valence-electron chi connectivity index (χ3n) is 2.04. The lowest BCUT2D eigenvalue weighted by Crippen LogP contribution is -2.28. The Hall–Kier alpha value is 0.0249. The fourth-order valence-electron chi connectivity index (χ4n) is 0.295. The molecule has 0 saturated heterocycles. The zero-order chi connectivity index (χ0) is 6.78. The van der Waals surface area contributed by atoms with Crippen molar-refractivity contribution in [2.24, 2.45) is 5.41 Å². The smallest absolute Gasteiger partial charge is 0.139 e. The van der Waals surface area contributed by atoms with Gasteiger partial charge in [-0.25, -0.2) is 0 Å². The van der Waals surface area contributed by atoms with Crippen LogP contribution < -0.4 is 0 Å². The van der Waals surface area contributed by atoms with Gasteiger partial charge in [-0.2, -0.15) is 0 Å². The molecule has 1 N–H and O–H groups in total. The van der Waals surface area contributed by atoms with Crippen molar-refractivity contribution >= 4 is 7.85 Å². The average Bonchev–Trinajstić information content (AvgIpc) is 1.67. The first kappa shape index (κ1) is 8.02. The number of rotatable bonds is 2. The molecule has 1 nitrogen and oxygen atoms in total. The van der Waals surface area contributed by atoms with E-state index in [1.54, 1.807) is 0 Å². The lowest BCUT2D eigenvalue weighted by atomic mass is 9.74. The summed E-state index contributed by atoms with van der Waals surface area (Å²) in [7, 11) is 1.84. The molecular formula is C6H15BO. The van der Waals surface area contributed by atoms with Crippen molar-refractivity contribution in [1.82, 2.24) is 0 Å². The van der Waals surface area contributed by atoms with Crippen molar-refractivity contribution in [3.63, 3.8) is 0 Å². The second kappa shape index (κ2) is 2.54. The minimum absolute atomic E-state index is 0.0972. The highest BCUT2D eigenvalue weighted by Gasteiger charge is 2.20. The van der Waals surface area contributed by atoms with Crippen LogP contribution in [0.25, 0.3) is 0 Å². The molecule has 1 unspecified atom stereocenters. The van der Waals surface area contributed by atoms with E-state index >= 15 is 0 Å². The molecule has 48 valence electrons. The fraction of sp³-hybridized carbons (Fsp3) is 1.00. The Labute approximate surface area is 52.5 Å². The molecule has 0 aliphatic rings. The molecule has 0 aromatic carbocycles. The minimum atomic E-state index is -0.188. The van der Waals surface area contributed by atoms with Crippen LogP contribution in [-0.2, 0) is 0 Å². The second-order valence-electron chi connectivity index (χ2n) is 3.02. The van der Waals surface area contributed by atoms with Crippen molar-refractivity contribution in [1.29, 1.82) is 0 Å². The third-order valence-corrected chi connectivity index (χ3v) is 2.04. The first-order chi connectivity index (χ1) is 3.50. The molecule has 0 aliphatic heterocycles. The van der Waals surface area contributed by atoms with E-state index < -0.39 is 0 Å². The Kier molecular flexibility index (Phi) is 2.55. The number of aliphatic hydroxyl groups excluding tert-OH is 1. The van der Waals surface area contributed by atoms with Gasteiger partial charge in [0.2, 0.25) is 0 Å². The Morgan fingerprint density at radius 3 is 2.00 bits per heavy atom. The van der Waals surface area contributed by atoms with Crippen LogP contribution in [0.2, 0.25) is 0 Å². The standard InChI is InChI=1S/C6H15BO/c1-4-6(2,3)5(7)8/h5,8H,4,7H2,1-3H3. The summed E-state index contributed by atoms with van der Waals surface area (Å²) < 4.78 is 0. The van der Waals surface area contributed by atoms with E-state index in [-0.39, 0.29) is 11.4 Å². The summed E-state index contributed by atoms with van der Waals surface area (Å²) in [5.41, 5.74) is 0.0972. The molecule has 1 atom stereocenters. The Morgan fingerprint density at radius 1 is 1.62 bits per heavy atom. The molecule has 0 saturated carbocycles. The molecule has 0 aromatic heterocycles. The van der Waals surface area contributed by atoms with Gasteiger partial charge >= 0.3 is 0 Å². The molecule has 2 heteroatoms. The molecule has 0 amide bonds. The second-order valence-corrected chi connectivity index (χ2v) is 3.02. The minimum Gasteiger partial charge on any atom is -0.402 e. The lowest BCUT2D eigenvalue weighted by Gasteiger charge is -2.25. The first-order valence-electron chi connectivity index (χ1n) is 3.18. The van der Waals surface area contributed by atoms with Crippen molar-refractivity contribution < 1.29 is 5.11 Å². The fourth-order valence-corrected chi connectivity index (χ4v) is 0.295. The van der Waals surface area contributed by atoms with Gasteiger partial charge in [0.05, 0.1) is 0 Å². The maximum absolute atomic E-state index is 9.08. The maximum atomic E-state index is 9.08. The van der Waals surface area contributed by atoms with Crippen LogP contribution in [0.5, 0.6) is 0 Å². The zero-order valence-electron chi connectivity index (χ0n) is 6.23. The Bertz CT molecular complexity index is 68.9. The number of hydrogen-bond acceptors (Lipinski definition) is 1. The summed E-state index contributed by atoms with van der Waals surface area (Å²) in [4.78, 5) is 0. The van der Waals surface area contributed by atoms with Gasteiger partial charge in [0.15, 0.2) is 0 Å². The normalized spacial score (nSPS) is 16.0. The molecule has 0 heterocycles. The van der Waals surface area contributed by atoms with Crippen molar-refractivity contribution in [2.45, 2.75) is 33.2 Å². The molecule has 0 fully saturated rings. The van der Waals surface area contributed by atoms with Crippen molar-refractivity contribution in [3.05, 3.63) is 0 Å². The van der Waals surface area contributed by atoms with Crippen molar-refractivity contribution in [3.8, 4) is 0 Å². The van der Waals surface area contributed by atoms with Crippen LogP contribution in [0.4, 0.5) is 0 Å². The molecule has 0 spiro atoms. The summed E-state index contributed by atoms with van der Waals surface area (Å²) in [6, 6.07) is -0.188. The third kappa shape index (κ3) is 1.87. The molecule has 0 radical (unpaired) electrons. The van der Waals surface area contributed by atoms with E-state index in [2.05, 4.69) is 20.8 Å². The topological polar surface area (TPSA) is 20.2 Å². The van der Waals surface area contributed by atoms with Gasteiger partial charge in [0.1, 0.15) is 7.85 Å². The van der Waals surface area contributed by atoms with Gasteiger partial charge in [-0.3, -0.25) is 0 Å². The van der Waals surface area contributed by atoms with Crippen LogP contribution in [0.3, 0.4) is 0 Å². The van der Waals surface area contributed by atoms with Gasteiger partial charge < -0.3 is 5.11 Å². The SMILES string of the molecule is BC(O)C(C)(C)CC. The summed E-state index contributed by atoms with van der Waals surface area (Å²) in [6.45, 7) is 6.22. The van der Waals surface area contributed by atoms with E-state index in [1.807, 2.05) is 7.85 Å². The molecule has 8 heavy (non-hydrogen) atoms. The first-order valence-corrected chi connectivity index (χ1v) is 3.18. The van der Waals surface area contributed by atoms with Crippen LogP contribution in [-0.4, -0.2) is 19.0 Å². The highest BCUT2D eigenvalue weighted by Crippen LogP contribution is 2.22. The Morgan fingerprint density at radius 2 is 2.00 bits per heavy atom. The van der Waals surface area contributed by atoms with Gasteiger partial charge in [-0.15, -0.1) is 0 Å². The molecule has 0 bridgehead atoms. The van der Waals surface area contributed by atoms with Gasteiger partial charge in [-0.05, 0) is 11.8 Å². The zero-order valence-corrected chi connectivity index (χ0v) is 6.23. The predicted molar refractivity (Wildman–Crippen MR) is 38.6 cm³/mol. The van der Waals surface area contributed by atoms with E-state index in [1.165, 1.54) is 0 Å². The van der Waals surface area contributed by atoms with Crippen LogP contribution >= 0.6 is 0 Å². The van der Waals surface area contributed by atoms with E-state index in [0.717, 1.165) is 6.42 Å². The molecule has 0 rings (SSSR count). The molecule has 0 aliphatic carbocycles. The van der Waals surface area contributed by atoms with Crippen LogP contribution in [0.15, 0.2) is 0 Å². The summed E-state index contributed by atoms with van der Waals surface area (Å²) in [5, 5.41) is 9.08. The van der Waals surface area contributed by atoms with Gasteiger partial charge in [0.25, 0.3) is 0 Å².